The molecule has 2 aromatic carbocycles. The predicted octanol–water partition coefficient (Wildman–Crippen LogP) is 4.78. The van der Waals surface area contributed by atoms with E-state index in [1.165, 1.54) is 0 Å². The molecule has 1 aliphatic rings. The third-order valence-corrected chi connectivity index (χ3v) is 4.00. The maximum absolute atomic E-state index is 12.4. The van der Waals surface area contributed by atoms with Gasteiger partial charge in [-0.15, -0.1) is 0 Å². The number of nitrogens with one attached hydrogen (secondary N) is 3. The molecule has 21 heavy (non-hydrogen) atoms. The normalized spacial score (nSPS) is 13.1. The molecular weight excluding hydrogens is 309 g/mol. The molecule has 6 heteroatoms. The average molecular weight is 318 g/mol. The molecule has 4 nitrogen and oxygen atoms in total. The van der Waals surface area contributed by atoms with Crippen LogP contribution in [0.5, 0.6) is 0 Å². The number of H-pyrrole nitrogens is 1. The molecular formula is C15H9Cl2N3O. The molecule has 0 bridgehead atoms. The van der Waals surface area contributed by atoms with Gasteiger partial charge in [0.15, 0.2) is 0 Å². The molecule has 0 spiro atoms. The number of carbonyl (C=O) groups excluding carboxylic acids is 1. The second-order valence-corrected chi connectivity index (χ2v) is 5.65. The van der Waals surface area contributed by atoms with Crippen LogP contribution in [0.4, 0.5) is 17.1 Å². The Bertz CT molecular complexity index is 901. The Hall–Kier alpha value is -2.17. The fraction of sp³-hybridized carbons (Fsp3) is 0. The van der Waals surface area contributed by atoms with Crippen molar-refractivity contribution in [3.05, 3.63) is 52.1 Å². The number of halogens is 2. The van der Waals surface area contributed by atoms with E-state index in [2.05, 4.69) is 15.6 Å². The molecule has 0 saturated heterocycles. The van der Waals surface area contributed by atoms with Gasteiger partial charge in [-0.1, -0.05) is 35.3 Å². The SMILES string of the molecule is O=C1Nc2ccccc2Nc2c1[nH]c1c(Cl)cc(Cl)cc21. The summed E-state index contributed by atoms with van der Waals surface area (Å²) in [4.78, 5) is 15.4. The Morgan fingerprint density at radius 1 is 0.952 bits per heavy atom. The second kappa shape index (κ2) is 4.41. The molecule has 0 aliphatic carbocycles. The van der Waals surface area contributed by atoms with Gasteiger partial charge in [0, 0.05) is 10.4 Å². The molecule has 1 amide bonds. The number of amides is 1. The number of fused-ring (bicyclic) bond motifs is 4. The fourth-order valence-electron chi connectivity index (χ4n) is 2.54. The van der Waals surface area contributed by atoms with Crippen molar-refractivity contribution in [2.24, 2.45) is 0 Å². The maximum atomic E-state index is 12.4. The predicted molar refractivity (Wildman–Crippen MR) is 86.0 cm³/mol. The van der Waals surface area contributed by atoms with Gasteiger partial charge in [0.2, 0.25) is 0 Å². The minimum absolute atomic E-state index is 0.217. The smallest absolute Gasteiger partial charge is 0.274 e. The standard InChI is InChI=1S/C15H9Cl2N3O/c16-7-5-8-12(9(17)6-7)20-14-13(8)18-10-3-1-2-4-11(10)19-15(14)21/h1-6,18,20H,(H,19,21). The molecule has 0 radical (unpaired) electrons. The van der Waals surface area contributed by atoms with Gasteiger partial charge in [-0.05, 0) is 24.3 Å². The molecule has 2 heterocycles. The highest BCUT2D eigenvalue weighted by Gasteiger charge is 2.24. The number of anilines is 3. The topological polar surface area (TPSA) is 56.9 Å². The summed E-state index contributed by atoms with van der Waals surface area (Å²) in [6, 6.07) is 10.9. The van der Waals surface area contributed by atoms with E-state index in [-0.39, 0.29) is 5.91 Å². The van der Waals surface area contributed by atoms with Crippen LogP contribution in [0.3, 0.4) is 0 Å². The molecule has 0 saturated carbocycles. The number of hydrogen-bond donors (Lipinski definition) is 3. The second-order valence-electron chi connectivity index (χ2n) is 4.81. The largest absolute Gasteiger partial charge is 0.351 e. The molecule has 1 aliphatic heterocycles. The lowest BCUT2D eigenvalue weighted by Crippen LogP contribution is -2.10. The summed E-state index contributed by atoms with van der Waals surface area (Å²) in [5.74, 6) is -0.217. The molecule has 3 N–H and O–H groups in total. The number of rotatable bonds is 0. The van der Waals surface area contributed by atoms with Gasteiger partial charge in [-0.25, -0.2) is 0 Å². The number of benzene rings is 2. The van der Waals surface area contributed by atoms with E-state index in [1.54, 1.807) is 12.1 Å². The van der Waals surface area contributed by atoms with Gasteiger partial charge >= 0.3 is 0 Å². The fourth-order valence-corrected chi connectivity index (χ4v) is 3.08. The van der Waals surface area contributed by atoms with Gasteiger partial charge in [0.1, 0.15) is 5.69 Å². The van der Waals surface area contributed by atoms with Crippen LogP contribution in [0, 0.1) is 0 Å². The van der Waals surface area contributed by atoms with Crippen molar-refractivity contribution in [2.45, 2.75) is 0 Å². The van der Waals surface area contributed by atoms with Crippen molar-refractivity contribution >= 4 is 57.1 Å². The number of aromatic amines is 1. The summed E-state index contributed by atoms with van der Waals surface area (Å²) in [7, 11) is 0. The first-order valence-electron chi connectivity index (χ1n) is 6.31. The van der Waals surface area contributed by atoms with E-state index in [0.717, 1.165) is 16.8 Å². The summed E-state index contributed by atoms with van der Waals surface area (Å²) in [6.45, 7) is 0. The minimum atomic E-state index is -0.217. The number of hydrogen-bond acceptors (Lipinski definition) is 2. The highest BCUT2D eigenvalue weighted by Crippen LogP contribution is 2.39. The Balaban J connectivity index is 2.04. The van der Waals surface area contributed by atoms with E-state index in [0.29, 0.717) is 26.9 Å². The first-order chi connectivity index (χ1) is 10.1. The molecule has 0 unspecified atom stereocenters. The zero-order valence-electron chi connectivity index (χ0n) is 10.6. The quantitative estimate of drug-likeness (QED) is 0.558. The Labute approximate surface area is 130 Å². The van der Waals surface area contributed by atoms with E-state index < -0.39 is 0 Å². The number of aromatic nitrogens is 1. The lowest BCUT2D eigenvalue weighted by atomic mass is 10.2. The van der Waals surface area contributed by atoms with Crippen LogP contribution in [0.25, 0.3) is 10.9 Å². The highest BCUT2D eigenvalue weighted by molar-refractivity contribution is 6.39. The zero-order valence-corrected chi connectivity index (χ0v) is 12.1. The maximum Gasteiger partial charge on any atom is 0.274 e. The summed E-state index contributed by atoms with van der Waals surface area (Å²) >= 11 is 12.3. The third-order valence-electron chi connectivity index (χ3n) is 3.49. The lowest BCUT2D eigenvalue weighted by molar-refractivity contribution is 0.102. The number of carbonyl (C=O) groups is 1. The summed E-state index contributed by atoms with van der Waals surface area (Å²) < 4.78 is 0. The van der Waals surface area contributed by atoms with Gasteiger partial charge < -0.3 is 15.6 Å². The van der Waals surface area contributed by atoms with Crippen molar-refractivity contribution < 1.29 is 4.79 Å². The van der Waals surface area contributed by atoms with Crippen LogP contribution in [0.15, 0.2) is 36.4 Å². The lowest BCUT2D eigenvalue weighted by Gasteiger charge is -2.07. The summed E-state index contributed by atoms with van der Waals surface area (Å²) in [5, 5.41) is 7.93. The van der Waals surface area contributed by atoms with Crippen LogP contribution >= 0.6 is 23.2 Å². The van der Waals surface area contributed by atoms with Crippen molar-refractivity contribution in [1.82, 2.24) is 4.98 Å². The third kappa shape index (κ3) is 1.87. The average Bonchev–Trinajstić information content (AvgIpc) is 2.73. The van der Waals surface area contributed by atoms with Crippen molar-refractivity contribution in [1.29, 1.82) is 0 Å². The summed E-state index contributed by atoms with van der Waals surface area (Å²) in [5.41, 5.74) is 3.35. The monoisotopic (exact) mass is 317 g/mol. The Kier molecular flexibility index (Phi) is 2.64. The Morgan fingerprint density at radius 2 is 1.67 bits per heavy atom. The highest BCUT2D eigenvalue weighted by atomic mass is 35.5. The van der Waals surface area contributed by atoms with E-state index in [1.807, 2.05) is 24.3 Å². The molecule has 3 aromatic rings. The van der Waals surface area contributed by atoms with E-state index in [9.17, 15) is 4.79 Å². The molecule has 4 rings (SSSR count). The van der Waals surface area contributed by atoms with Crippen molar-refractivity contribution in [3.8, 4) is 0 Å². The van der Waals surface area contributed by atoms with E-state index >= 15 is 0 Å². The van der Waals surface area contributed by atoms with Crippen LogP contribution < -0.4 is 10.6 Å². The van der Waals surface area contributed by atoms with Crippen molar-refractivity contribution in [3.63, 3.8) is 0 Å². The number of para-hydroxylation sites is 2. The van der Waals surface area contributed by atoms with Gasteiger partial charge in [-0.2, -0.15) is 0 Å². The molecule has 0 fully saturated rings. The first kappa shape index (κ1) is 12.6. The van der Waals surface area contributed by atoms with Crippen LogP contribution in [-0.2, 0) is 0 Å². The van der Waals surface area contributed by atoms with Crippen molar-refractivity contribution in [2.75, 3.05) is 10.6 Å². The van der Waals surface area contributed by atoms with Gasteiger partial charge in [0.25, 0.3) is 5.91 Å². The Morgan fingerprint density at radius 3 is 2.43 bits per heavy atom. The van der Waals surface area contributed by atoms with Crippen LogP contribution in [-0.4, -0.2) is 10.9 Å². The summed E-state index contributed by atoms with van der Waals surface area (Å²) in [6.07, 6.45) is 0. The molecule has 0 atom stereocenters. The first-order valence-corrected chi connectivity index (χ1v) is 7.07. The van der Waals surface area contributed by atoms with Gasteiger partial charge in [-0.3, -0.25) is 4.79 Å². The zero-order chi connectivity index (χ0) is 14.6. The van der Waals surface area contributed by atoms with Crippen LogP contribution in [0.2, 0.25) is 10.0 Å². The minimum Gasteiger partial charge on any atom is -0.351 e. The van der Waals surface area contributed by atoms with Gasteiger partial charge in [0.05, 0.1) is 27.6 Å². The molecule has 1 aromatic heterocycles. The molecule has 104 valence electrons. The van der Waals surface area contributed by atoms with Crippen LogP contribution in [0.1, 0.15) is 10.5 Å². The van der Waals surface area contributed by atoms with E-state index in [4.69, 9.17) is 23.2 Å².